The van der Waals surface area contributed by atoms with Gasteiger partial charge >= 0.3 is 0 Å². The molecule has 24 heavy (non-hydrogen) atoms. The van der Waals surface area contributed by atoms with Crippen molar-refractivity contribution < 1.29 is 19.7 Å². The van der Waals surface area contributed by atoms with Gasteiger partial charge in [-0.15, -0.1) is 0 Å². The van der Waals surface area contributed by atoms with Crippen LogP contribution in [0.15, 0.2) is 48.5 Å². The normalized spacial score (nSPS) is 12.3. The fourth-order valence-electron chi connectivity index (χ4n) is 2.58. The van der Waals surface area contributed by atoms with Crippen molar-refractivity contribution in [1.82, 2.24) is 9.55 Å². The number of para-hydroxylation sites is 2. The van der Waals surface area contributed by atoms with Crippen molar-refractivity contribution in [1.29, 1.82) is 0 Å². The van der Waals surface area contributed by atoms with Gasteiger partial charge in [0.15, 0.2) is 0 Å². The van der Waals surface area contributed by atoms with E-state index in [-0.39, 0.29) is 13.2 Å². The third-order valence-electron chi connectivity index (χ3n) is 3.77. The largest absolute Gasteiger partial charge is 0.497 e. The molecule has 0 unspecified atom stereocenters. The highest BCUT2D eigenvalue weighted by molar-refractivity contribution is 5.75. The summed E-state index contributed by atoms with van der Waals surface area (Å²) in [6.45, 7) is 0.261. The summed E-state index contributed by atoms with van der Waals surface area (Å²) in [6.07, 6.45) is -0.727. The number of rotatable bonds is 7. The molecule has 0 bridgehead atoms. The molecule has 0 saturated carbocycles. The quantitative estimate of drug-likeness (QED) is 0.693. The first-order valence-electron chi connectivity index (χ1n) is 7.71. The Morgan fingerprint density at radius 2 is 1.79 bits per heavy atom. The van der Waals surface area contributed by atoms with Gasteiger partial charge in [-0.1, -0.05) is 12.1 Å². The van der Waals surface area contributed by atoms with Crippen molar-refractivity contribution in [2.75, 3.05) is 13.7 Å². The molecule has 0 aliphatic rings. The lowest BCUT2D eigenvalue weighted by atomic mass is 10.3. The molecule has 0 fully saturated rings. The molecule has 1 aromatic heterocycles. The van der Waals surface area contributed by atoms with E-state index >= 15 is 0 Å². The van der Waals surface area contributed by atoms with E-state index in [2.05, 4.69) is 4.98 Å². The summed E-state index contributed by atoms with van der Waals surface area (Å²) >= 11 is 0. The van der Waals surface area contributed by atoms with Gasteiger partial charge in [-0.3, -0.25) is 0 Å². The predicted molar refractivity (Wildman–Crippen MR) is 90.2 cm³/mol. The zero-order valence-corrected chi connectivity index (χ0v) is 13.4. The van der Waals surface area contributed by atoms with Crippen LogP contribution >= 0.6 is 0 Å². The first-order valence-corrected chi connectivity index (χ1v) is 7.71. The van der Waals surface area contributed by atoms with E-state index in [4.69, 9.17) is 9.47 Å². The lowest BCUT2D eigenvalue weighted by molar-refractivity contribution is 0.0914. The van der Waals surface area contributed by atoms with Gasteiger partial charge in [0, 0.05) is 0 Å². The van der Waals surface area contributed by atoms with Crippen LogP contribution in [0.25, 0.3) is 11.0 Å². The number of ether oxygens (including phenoxy) is 2. The van der Waals surface area contributed by atoms with Gasteiger partial charge in [0.2, 0.25) is 0 Å². The number of hydrogen-bond donors (Lipinski definition) is 2. The van der Waals surface area contributed by atoms with E-state index in [1.807, 2.05) is 28.8 Å². The predicted octanol–water partition coefficient (Wildman–Crippen LogP) is 1.98. The number of hydrogen-bond acceptors (Lipinski definition) is 5. The molecule has 0 aliphatic heterocycles. The Labute approximate surface area is 139 Å². The minimum absolute atomic E-state index is 0.143. The second kappa shape index (κ2) is 7.33. The van der Waals surface area contributed by atoms with Gasteiger partial charge in [0.25, 0.3) is 0 Å². The Morgan fingerprint density at radius 3 is 2.50 bits per heavy atom. The van der Waals surface area contributed by atoms with E-state index in [0.29, 0.717) is 18.1 Å². The zero-order chi connectivity index (χ0) is 16.9. The van der Waals surface area contributed by atoms with Gasteiger partial charge in [-0.05, 0) is 36.4 Å². The highest BCUT2D eigenvalue weighted by Crippen LogP contribution is 2.19. The molecule has 126 valence electrons. The van der Waals surface area contributed by atoms with Crippen LogP contribution in [0, 0.1) is 0 Å². The molecule has 6 heteroatoms. The molecule has 1 atom stereocenters. The fraction of sp³-hybridized carbons (Fsp3) is 0.278. The minimum Gasteiger partial charge on any atom is -0.497 e. The molecule has 3 rings (SSSR count). The average molecular weight is 328 g/mol. The molecule has 1 heterocycles. The van der Waals surface area contributed by atoms with Gasteiger partial charge in [-0.2, -0.15) is 0 Å². The number of nitrogens with zero attached hydrogens (tertiary/aromatic N) is 2. The SMILES string of the molecule is COc1ccc(OC[C@@H](O)Cn2c(CO)nc3ccccc32)cc1. The Balaban J connectivity index is 1.67. The standard InChI is InChI=1S/C18H20N2O4/c1-23-14-6-8-15(9-7-14)24-12-13(22)10-20-17-5-3-2-4-16(17)19-18(20)11-21/h2-9,13,21-22H,10-12H2,1H3/t13-/m0/s1. The Morgan fingerprint density at radius 1 is 1.08 bits per heavy atom. The van der Waals surface area contributed by atoms with Gasteiger partial charge in [0.05, 0.1) is 24.7 Å². The third-order valence-corrected chi connectivity index (χ3v) is 3.77. The van der Waals surface area contributed by atoms with Crippen LogP contribution in [0.4, 0.5) is 0 Å². The van der Waals surface area contributed by atoms with Crippen molar-refractivity contribution >= 4 is 11.0 Å². The summed E-state index contributed by atoms with van der Waals surface area (Å²) in [6, 6.07) is 14.8. The second-order valence-corrected chi connectivity index (χ2v) is 5.43. The maximum Gasteiger partial charge on any atom is 0.135 e. The molecule has 0 aliphatic carbocycles. The molecular formula is C18H20N2O4. The molecular weight excluding hydrogens is 308 g/mol. The van der Waals surface area contributed by atoms with Crippen LogP contribution in [-0.2, 0) is 13.2 Å². The molecule has 0 amide bonds. The summed E-state index contributed by atoms with van der Waals surface area (Å²) in [7, 11) is 1.60. The van der Waals surface area contributed by atoms with E-state index in [9.17, 15) is 10.2 Å². The van der Waals surface area contributed by atoms with E-state index in [1.54, 1.807) is 31.4 Å². The van der Waals surface area contributed by atoms with Crippen LogP contribution in [0.2, 0.25) is 0 Å². The van der Waals surface area contributed by atoms with E-state index in [1.165, 1.54) is 0 Å². The summed E-state index contributed by atoms with van der Waals surface area (Å²) in [5, 5.41) is 19.8. The molecule has 2 N–H and O–H groups in total. The van der Waals surface area contributed by atoms with E-state index < -0.39 is 6.10 Å². The highest BCUT2D eigenvalue weighted by atomic mass is 16.5. The molecule has 0 saturated heterocycles. The maximum absolute atomic E-state index is 10.3. The fourth-order valence-corrected chi connectivity index (χ4v) is 2.58. The summed E-state index contributed by atoms with van der Waals surface area (Å²) in [5.41, 5.74) is 1.68. The Bertz CT molecular complexity index is 798. The third kappa shape index (κ3) is 3.50. The summed E-state index contributed by atoms with van der Waals surface area (Å²) in [5.74, 6) is 1.94. The Kier molecular flexibility index (Phi) is 4.98. The van der Waals surface area contributed by atoms with Crippen LogP contribution in [0.3, 0.4) is 0 Å². The van der Waals surface area contributed by atoms with Crippen molar-refractivity contribution in [3.63, 3.8) is 0 Å². The molecule has 2 aromatic carbocycles. The molecule has 6 nitrogen and oxygen atoms in total. The molecule has 0 spiro atoms. The maximum atomic E-state index is 10.3. The lowest BCUT2D eigenvalue weighted by Gasteiger charge is -2.15. The van der Waals surface area contributed by atoms with Gasteiger partial charge in [-0.25, -0.2) is 4.98 Å². The van der Waals surface area contributed by atoms with Crippen molar-refractivity contribution in [2.24, 2.45) is 0 Å². The number of aliphatic hydroxyl groups is 2. The average Bonchev–Trinajstić information content (AvgIpc) is 2.98. The van der Waals surface area contributed by atoms with Crippen LogP contribution in [0.5, 0.6) is 11.5 Å². The first kappa shape index (κ1) is 16.3. The number of fused-ring (bicyclic) bond motifs is 1. The number of benzene rings is 2. The van der Waals surface area contributed by atoms with Crippen molar-refractivity contribution in [2.45, 2.75) is 19.3 Å². The van der Waals surface area contributed by atoms with Gasteiger partial charge < -0.3 is 24.3 Å². The monoisotopic (exact) mass is 328 g/mol. The summed E-state index contributed by atoms with van der Waals surface area (Å²) in [4.78, 5) is 4.37. The number of imidazole rings is 1. The van der Waals surface area contributed by atoms with Crippen molar-refractivity contribution in [3.05, 3.63) is 54.4 Å². The number of methoxy groups -OCH3 is 1. The van der Waals surface area contributed by atoms with Crippen molar-refractivity contribution in [3.8, 4) is 11.5 Å². The first-order chi connectivity index (χ1) is 11.7. The van der Waals surface area contributed by atoms with Crippen LogP contribution in [0.1, 0.15) is 5.82 Å². The van der Waals surface area contributed by atoms with E-state index in [0.717, 1.165) is 16.8 Å². The lowest BCUT2D eigenvalue weighted by Crippen LogP contribution is -2.24. The Hall–Kier alpha value is -2.57. The summed E-state index contributed by atoms with van der Waals surface area (Å²) < 4.78 is 12.5. The zero-order valence-electron chi connectivity index (χ0n) is 13.4. The molecule has 3 aromatic rings. The number of aliphatic hydroxyl groups excluding tert-OH is 2. The topological polar surface area (TPSA) is 76.7 Å². The van der Waals surface area contributed by atoms with Crippen LogP contribution < -0.4 is 9.47 Å². The highest BCUT2D eigenvalue weighted by Gasteiger charge is 2.14. The van der Waals surface area contributed by atoms with Gasteiger partial charge in [0.1, 0.15) is 36.6 Å². The smallest absolute Gasteiger partial charge is 0.135 e. The molecule has 0 radical (unpaired) electrons. The second-order valence-electron chi connectivity index (χ2n) is 5.43. The number of aromatic nitrogens is 2. The van der Waals surface area contributed by atoms with Crippen LogP contribution in [-0.4, -0.2) is 39.6 Å². The minimum atomic E-state index is -0.727.